The second kappa shape index (κ2) is 6.81. The number of esters is 1. The Labute approximate surface area is 105 Å². The summed E-state index contributed by atoms with van der Waals surface area (Å²) in [6, 6.07) is 5.22. The lowest BCUT2D eigenvalue weighted by Gasteiger charge is -2.05. The fraction of sp³-hybridized carbons (Fsp3) is 0.417. The van der Waals surface area contributed by atoms with Crippen LogP contribution in [0.2, 0.25) is 5.02 Å². The maximum absolute atomic E-state index is 11.4. The van der Waals surface area contributed by atoms with Gasteiger partial charge in [0.05, 0.1) is 6.42 Å². The van der Waals surface area contributed by atoms with Gasteiger partial charge in [-0.2, -0.15) is 11.8 Å². The lowest BCUT2D eigenvalue weighted by atomic mass is 10.2. The van der Waals surface area contributed by atoms with Crippen molar-refractivity contribution in [3.8, 4) is 5.75 Å². The first-order chi connectivity index (χ1) is 7.63. The van der Waals surface area contributed by atoms with E-state index in [2.05, 4.69) is 6.92 Å². The highest BCUT2D eigenvalue weighted by Gasteiger charge is 2.05. The second-order valence-corrected chi connectivity index (χ2v) is 5.13. The van der Waals surface area contributed by atoms with Crippen LogP contribution in [0.25, 0.3) is 0 Å². The predicted molar refractivity (Wildman–Crippen MR) is 69.4 cm³/mol. The van der Waals surface area contributed by atoms with Crippen LogP contribution in [-0.4, -0.2) is 17.5 Å². The molecule has 0 unspecified atom stereocenters. The van der Waals surface area contributed by atoms with Crippen molar-refractivity contribution in [1.82, 2.24) is 0 Å². The summed E-state index contributed by atoms with van der Waals surface area (Å²) in [4.78, 5) is 11.4. The number of rotatable bonds is 5. The summed E-state index contributed by atoms with van der Waals surface area (Å²) in [7, 11) is 0. The van der Waals surface area contributed by atoms with Gasteiger partial charge in [-0.25, -0.2) is 0 Å². The van der Waals surface area contributed by atoms with Crippen LogP contribution in [0.15, 0.2) is 18.2 Å². The van der Waals surface area contributed by atoms with Crippen LogP contribution in [0, 0.1) is 6.92 Å². The summed E-state index contributed by atoms with van der Waals surface area (Å²) >= 11 is 7.61. The molecule has 88 valence electrons. The Kier molecular flexibility index (Phi) is 5.71. The molecule has 0 heterocycles. The third-order valence-electron chi connectivity index (χ3n) is 2.02. The maximum atomic E-state index is 11.4. The van der Waals surface area contributed by atoms with Gasteiger partial charge in [-0.15, -0.1) is 0 Å². The molecule has 0 amide bonds. The first kappa shape index (κ1) is 13.4. The molecule has 0 saturated heterocycles. The highest BCUT2D eigenvalue weighted by atomic mass is 35.5. The summed E-state index contributed by atoms with van der Waals surface area (Å²) in [5.74, 6) is 2.20. The molecule has 16 heavy (non-hydrogen) atoms. The molecule has 0 aliphatic carbocycles. The minimum Gasteiger partial charge on any atom is -0.426 e. The molecule has 0 radical (unpaired) electrons. The van der Waals surface area contributed by atoms with Crippen LogP contribution in [0.1, 0.15) is 18.9 Å². The summed E-state index contributed by atoms with van der Waals surface area (Å²) < 4.78 is 5.19. The SMILES string of the molecule is CCSCCC(=O)Oc1ccc(Cl)c(C)c1. The van der Waals surface area contributed by atoms with E-state index in [1.54, 1.807) is 30.0 Å². The largest absolute Gasteiger partial charge is 0.426 e. The van der Waals surface area contributed by atoms with E-state index in [4.69, 9.17) is 16.3 Å². The molecule has 0 N–H and O–H groups in total. The summed E-state index contributed by atoms with van der Waals surface area (Å²) in [5, 5.41) is 0.682. The van der Waals surface area contributed by atoms with Gasteiger partial charge in [-0.05, 0) is 36.4 Å². The van der Waals surface area contributed by atoms with Crippen molar-refractivity contribution in [2.45, 2.75) is 20.3 Å². The second-order valence-electron chi connectivity index (χ2n) is 3.33. The zero-order valence-electron chi connectivity index (χ0n) is 9.46. The van der Waals surface area contributed by atoms with Gasteiger partial charge in [-0.3, -0.25) is 4.79 Å². The minimum atomic E-state index is -0.192. The van der Waals surface area contributed by atoms with E-state index in [1.165, 1.54) is 0 Å². The molecule has 0 aliphatic heterocycles. The van der Waals surface area contributed by atoms with E-state index in [9.17, 15) is 4.79 Å². The number of benzene rings is 1. The van der Waals surface area contributed by atoms with Gasteiger partial charge in [0.2, 0.25) is 0 Å². The first-order valence-corrected chi connectivity index (χ1v) is 6.71. The fourth-order valence-corrected chi connectivity index (χ4v) is 1.88. The molecule has 0 spiro atoms. The number of carbonyl (C=O) groups is 1. The molecular weight excluding hydrogens is 244 g/mol. The Balaban J connectivity index is 2.46. The molecule has 1 aromatic carbocycles. The van der Waals surface area contributed by atoms with Crippen molar-refractivity contribution in [3.05, 3.63) is 28.8 Å². The standard InChI is InChI=1S/C12H15ClO2S/c1-3-16-7-6-12(14)15-10-4-5-11(13)9(2)8-10/h4-5,8H,3,6-7H2,1-2H3. The summed E-state index contributed by atoms with van der Waals surface area (Å²) in [5.41, 5.74) is 0.912. The fourth-order valence-electron chi connectivity index (χ4n) is 1.16. The monoisotopic (exact) mass is 258 g/mol. The van der Waals surface area contributed by atoms with E-state index in [-0.39, 0.29) is 5.97 Å². The molecular formula is C12H15ClO2S. The number of aryl methyl sites for hydroxylation is 1. The van der Waals surface area contributed by atoms with Crippen LogP contribution in [0.5, 0.6) is 5.75 Å². The first-order valence-electron chi connectivity index (χ1n) is 5.18. The van der Waals surface area contributed by atoms with E-state index in [0.29, 0.717) is 17.2 Å². The number of hydrogen-bond acceptors (Lipinski definition) is 3. The molecule has 0 fully saturated rings. The van der Waals surface area contributed by atoms with E-state index in [0.717, 1.165) is 17.1 Å². The minimum absolute atomic E-state index is 0.192. The molecule has 0 saturated carbocycles. The summed E-state index contributed by atoms with van der Waals surface area (Å²) in [6.45, 7) is 3.95. The normalized spacial score (nSPS) is 10.2. The Bertz CT molecular complexity index is 366. The smallest absolute Gasteiger partial charge is 0.312 e. The molecule has 1 rings (SSSR count). The van der Waals surface area contributed by atoms with Gasteiger partial charge in [0.1, 0.15) is 5.75 Å². The van der Waals surface area contributed by atoms with E-state index >= 15 is 0 Å². The summed E-state index contributed by atoms with van der Waals surface area (Å²) in [6.07, 6.45) is 0.445. The number of halogens is 1. The van der Waals surface area contributed by atoms with Crippen molar-refractivity contribution in [1.29, 1.82) is 0 Å². The Morgan fingerprint density at radius 3 is 2.88 bits per heavy atom. The highest BCUT2D eigenvalue weighted by molar-refractivity contribution is 7.99. The van der Waals surface area contributed by atoms with Crippen molar-refractivity contribution in [3.63, 3.8) is 0 Å². The van der Waals surface area contributed by atoms with Crippen molar-refractivity contribution < 1.29 is 9.53 Å². The topological polar surface area (TPSA) is 26.3 Å². The van der Waals surface area contributed by atoms with Gasteiger partial charge in [-0.1, -0.05) is 18.5 Å². The molecule has 0 aromatic heterocycles. The lowest BCUT2D eigenvalue weighted by molar-refractivity contribution is -0.133. The molecule has 0 bridgehead atoms. The van der Waals surface area contributed by atoms with Gasteiger partial charge in [0.25, 0.3) is 0 Å². The van der Waals surface area contributed by atoms with Gasteiger partial charge < -0.3 is 4.74 Å². The molecule has 0 atom stereocenters. The number of hydrogen-bond donors (Lipinski definition) is 0. The third-order valence-corrected chi connectivity index (χ3v) is 3.34. The van der Waals surface area contributed by atoms with Crippen molar-refractivity contribution in [2.75, 3.05) is 11.5 Å². The Hall–Kier alpha value is -0.670. The lowest BCUT2D eigenvalue weighted by Crippen LogP contribution is -2.08. The maximum Gasteiger partial charge on any atom is 0.312 e. The van der Waals surface area contributed by atoms with Crippen LogP contribution in [-0.2, 0) is 4.79 Å². The third kappa shape index (κ3) is 4.45. The number of carbonyl (C=O) groups excluding carboxylic acids is 1. The van der Waals surface area contributed by atoms with Gasteiger partial charge in [0.15, 0.2) is 0 Å². The number of thioether (sulfide) groups is 1. The molecule has 4 heteroatoms. The molecule has 0 aliphatic rings. The van der Waals surface area contributed by atoms with Crippen molar-refractivity contribution in [2.24, 2.45) is 0 Å². The van der Waals surface area contributed by atoms with Gasteiger partial charge in [0, 0.05) is 10.8 Å². The van der Waals surface area contributed by atoms with Crippen LogP contribution >= 0.6 is 23.4 Å². The van der Waals surface area contributed by atoms with Crippen LogP contribution in [0.4, 0.5) is 0 Å². The van der Waals surface area contributed by atoms with Gasteiger partial charge >= 0.3 is 5.97 Å². The number of ether oxygens (including phenoxy) is 1. The zero-order valence-corrected chi connectivity index (χ0v) is 11.0. The molecule has 1 aromatic rings. The molecule has 2 nitrogen and oxygen atoms in total. The quantitative estimate of drug-likeness (QED) is 0.458. The highest BCUT2D eigenvalue weighted by Crippen LogP contribution is 2.21. The average molecular weight is 259 g/mol. The van der Waals surface area contributed by atoms with Crippen LogP contribution in [0.3, 0.4) is 0 Å². The zero-order chi connectivity index (χ0) is 12.0. The Morgan fingerprint density at radius 1 is 1.50 bits per heavy atom. The predicted octanol–water partition coefficient (Wildman–Crippen LogP) is 3.70. The van der Waals surface area contributed by atoms with Crippen LogP contribution < -0.4 is 4.74 Å². The van der Waals surface area contributed by atoms with E-state index in [1.807, 2.05) is 6.92 Å². The Morgan fingerprint density at radius 2 is 2.25 bits per heavy atom. The van der Waals surface area contributed by atoms with Crippen molar-refractivity contribution >= 4 is 29.3 Å². The van der Waals surface area contributed by atoms with E-state index < -0.39 is 0 Å². The average Bonchev–Trinajstić information content (AvgIpc) is 2.24.